The van der Waals surface area contributed by atoms with Crippen LogP contribution in [0.4, 0.5) is 0 Å². The largest absolute Gasteiger partial charge is 0.508 e. The van der Waals surface area contributed by atoms with E-state index in [0.29, 0.717) is 35.5 Å². The Morgan fingerprint density at radius 3 is 2.73 bits per heavy atom. The molecule has 0 unspecified atom stereocenters. The van der Waals surface area contributed by atoms with Gasteiger partial charge >= 0.3 is 0 Å². The first-order chi connectivity index (χ1) is 14.4. The van der Waals surface area contributed by atoms with E-state index in [1.165, 1.54) is 0 Å². The molecule has 1 aromatic carbocycles. The number of phenolic OH excluding ortho intramolecular Hbond substituents is 1. The van der Waals surface area contributed by atoms with E-state index in [-0.39, 0.29) is 24.3 Å². The van der Waals surface area contributed by atoms with Gasteiger partial charge in [0.2, 0.25) is 0 Å². The van der Waals surface area contributed by atoms with Gasteiger partial charge in [-0.25, -0.2) is 4.98 Å². The molecule has 0 bridgehead atoms. The minimum absolute atomic E-state index is 0.111. The Kier molecular flexibility index (Phi) is 4.02. The molecule has 154 valence electrons. The highest BCUT2D eigenvalue weighted by molar-refractivity contribution is 5.91. The molecule has 30 heavy (non-hydrogen) atoms. The number of fused-ring (bicyclic) bond motifs is 5. The molecule has 7 nitrogen and oxygen atoms in total. The van der Waals surface area contributed by atoms with Gasteiger partial charge in [-0.15, -0.1) is 0 Å². The van der Waals surface area contributed by atoms with E-state index in [0.717, 1.165) is 28.5 Å². The average molecular weight is 405 g/mol. The van der Waals surface area contributed by atoms with Crippen molar-refractivity contribution >= 4 is 16.8 Å². The minimum Gasteiger partial charge on any atom is -0.508 e. The van der Waals surface area contributed by atoms with Crippen LogP contribution in [-0.2, 0) is 29.9 Å². The molecule has 5 rings (SSSR count). The van der Waals surface area contributed by atoms with E-state index < -0.39 is 11.5 Å². The highest BCUT2D eigenvalue weighted by atomic mass is 16.3. The van der Waals surface area contributed by atoms with E-state index in [9.17, 15) is 19.8 Å². The molecule has 2 aliphatic heterocycles. The summed E-state index contributed by atoms with van der Waals surface area (Å²) < 4.78 is 1.68. The fourth-order valence-electron chi connectivity index (χ4n) is 4.93. The Labute approximate surface area is 173 Å². The van der Waals surface area contributed by atoms with Crippen LogP contribution in [-0.4, -0.2) is 25.7 Å². The number of hydrogen-bond donors (Lipinski definition) is 3. The van der Waals surface area contributed by atoms with Crippen LogP contribution < -0.4 is 10.9 Å². The second kappa shape index (κ2) is 6.40. The molecule has 3 N–H and O–H groups in total. The van der Waals surface area contributed by atoms with Crippen molar-refractivity contribution in [2.75, 3.05) is 0 Å². The van der Waals surface area contributed by atoms with Gasteiger partial charge in [0.1, 0.15) is 5.75 Å². The highest BCUT2D eigenvalue weighted by Crippen LogP contribution is 2.40. The molecule has 2 aromatic heterocycles. The average Bonchev–Trinajstić information content (AvgIpc) is 3.09. The van der Waals surface area contributed by atoms with Crippen LogP contribution in [0.5, 0.6) is 5.75 Å². The van der Waals surface area contributed by atoms with Crippen LogP contribution in [0.1, 0.15) is 48.9 Å². The zero-order valence-corrected chi connectivity index (χ0v) is 17.0. The Morgan fingerprint density at radius 1 is 1.20 bits per heavy atom. The summed E-state index contributed by atoms with van der Waals surface area (Å²) in [5.74, 6) is -0.285. The van der Waals surface area contributed by atoms with E-state index >= 15 is 0 Å². The zero-order valence-electron chi connectivity index (χ0n) is 17.0. The van der Waals surface area contributed by atoms with Gasteiger partial charge in [-0.2, -0.15) is 0 Å². The SMILES string of the molecule is CCC[C@@]1(O)C(=O)NCc2c1cc1n(c2=O)Cc2c-1nc1ccc(O)cc1c2CC. The van der Waals surface area contributed by atoms with Crippen LogP contribution in [0.2, 0.25) is 0 Å². The fraction of sp³-hybridized carbons (Fsp3) is 0.348. The molecule has 3 aromatic rings. The number of nitrogens with one attached hydrogen (secondary N) is 1. The van der Waals surface area contributed by atoms with Gasteiger partial charge < -0.3 is 20.1 Å². The number of aromatic nitrogens is 2. The number of carbonyl (C=O) groups is 1. The van der Waals surface area contributed by atoms with Gasteiger partial charge in [-0.3, -0.25) is 9.59 Å². The summed E-state index contributed by atoms with van der Waals surface area (Å²) in [6, 6.07) is 6.85. The maximum atomic E-state index is 13.4. The van der Waals surface area contributed by atoms with Crippen LogP contribution in [0.15, 0.2) is 29.1 Å². The smallest absolute Gasteiger partial charge is 0.256 e. The molecule has 2 aliphatic rings. The lowest BCUT2D eigenvalue weighted by atomic mass is 9.82. The Balaban J connectivity index is 1.81. The van der Waals surface area contributed by atoms with Crippen molar-refractivity contribution in [2.24, 2.45) is 0 Å². The highest BCUT2D eigenvalue weighted by Gasteiger charge is 2.44. The molecule has 0 saturated carbocycles. The minimum atomic E-state index is -1.71. The van der Waals surface area contributed by atoms with Crippen molar-refractivity contribution < 1.29 is 15.0 Å². The number of phenols is 1. The number of aryl methyl sites for hydroxylation is 1. The van der Waals surface area contributed by atoms with Crippen LogP contribution in [0.3, 0.4) is 0 Å². The van der Waals surface area contributed by atoms with Crippen molar-refractivity contribution in [3.05, 3.63) is 56.9 Å². The van der Waals surface area contributed by atoms with E-state index in [1.54, 1.807) is 28.8 Å². The molecule has 4 heterocycles. The molecule has 1 atom stereocenters. The quantitative estimate of drug-likeness (QED) is 0.485. The predicted molar refractivity (Wildman–Crippen MR) is 112 cm³/mol. The Hall–Kier alpha value is -3.19. The number of amides is 1. The lowest BCUT2D eigenvalue weighted by Crippen LogP contribution is -2.51. The topological polar surface area (TPSA) is 104 Å². The number of carbonyl (C=O) groups excluding carboxylic acids is 1. The Morgan fingerprint density at radius 2 is 2.00 bits per heavy atom. The van der Waals surface area contributed by atoms with Crippen LogP contribution in [0.25, 0.3) is 22.3 Å². The third kappa shape index (κ3) is 2.38. The van der Waals surface area contributed by atoms with Gasteiger partial charge in [-0.05, 0) is 42.7 Å². The van der Waals surface area contributed by atoms with Gasteiger partial charge in [0, 0.05) is 28.6 Å². The fourth-order valence-corrected chi connectivity index (χ4v) is 4.93. The molecule has 0 aliphatic carbocycles. The van der Waals surface area contributed by atoms with Gasteiger partial charge in [0.25, 0.3) is 11.5 Å². The predicted octanol–water partition coefficient (Wildman–Crippen LogP) is 2.31. The monoisotopic (exact) mass is 405 g/mol. The first-order valence-electron chi connectivity index (χ1n) is 10.3. The number of aromatic hydroxyl groups is 1. The maximum absolute atomic E-state index is 13.4. The summed E-state index contributed by atoms with van der Waals surface area (Å²) >= 11 is 0. The third-order valence-electron chi connectivity index (χ3n) is 6.36. The maximum Gasteiger partial charge on any atom is 0.256 e. The summed E-state index contributed by atoms with van der Waals surface area (Å²) in [5.41, 5.74) is 2.98. The number of benzene rings is 1. The zero-order chi connectivity index (χ0) is 21.2. The second-order valence-corrected chi connectivity index (χ2v) is 8.08. The van der Waals surface area contributed by atoms with E-state index in [1.807, 2.05) is 13.8 Å². The first-order valence-corrected chi connectivity index (χ1v) is 10.3. The summed E-state index contributed by atoms with van der Waals surface area (Å²) in [6.45, 7) is 4.43. The lowest BCUT2D eigenvalue weighted by Gasteiger charge is -2.33. The number of aliphatic hydroxyl groups is 1. The summed E-state index contributed by atoms with van der Waals surface area (Å²) in [6.07, 6.45) is 1.57. The summed E-state index contributed by atoms with van der Waals surface area (Å²) in [4.78, 5) is 30.7. The number of nitrogens with zero attached hydrogens (tertiary/aromatic N) is 2. The first kappa shape index (κ1) is 18.8. The van der Waals surface area contributed by atoms with E-state index in [4.69, 9.17) is 4.98 Å². The summed E-state index contributed by atoms with van der Waals surface area (Å²) in [7, 11) is 0. The van der Waals surface area contributed by atoms with E-state index in [2.05, 4.69) is 5.32 Å². The van der Waals surface area contributed by atoms with Gasteiger partial charge in [0.05, 0.1) is 23.4 Å². The summed E-state index contributed by atoms with van der Waals surface area (Å²) in [5, 5.41) is 24.7. The molecule has 7 heteroatoms. The van der Waals surface area contributed by atoms with Crippen molar-refractivity contribution in [3.63, 3.8) is 0 Å². The standard InChI is InChI=1S/C23H23N3O4/c1-3-7-23(30)17-9-19-20-16(11-26(19)21(28)15(17)10-24-22(23)29)13(4-2)14-8-12(27)5-6-18(14)25-20/h5-6,8-9,27,30H,3-4,7,10-11H2,1-2H3,(H,24,29)/t23-/m0/s1. The number of pyridine rings is 2. The third-order valence-corrected chi connectivity index (χ3v) is 6.36. The van der Waals surface area contributed by atoms with Crippen LogP contribution in [0, 0.1) is 0 Å². The molecule has 0 radical (unpaired) electrons. The van der Waals surface area contributed by atoms with Crippen LogP contribution >= 0.6 is 0 Å². The molecule has 0 spiro atoms. The van der Waals surface area contributed by atoms with Crippen molar-refractivity contribution in [1.29, 1.82) is 0 Å². The lowest BCUT2D eigenvalue weighted by molar-refractivity contribution is -0.143. The molecule has 1 amide bonds. The second-order valence-electron chi connectivity index (χ2n) is 8.08. The van der Waals surface area contributed by atoms with Gasteiger partial charge in [-0.1, -0.05) is 20.3 Å². The normalized spacial score (nSPS) is 19.4. The molecule has 0 saturated heterocycles. The molecular weight excluding hydrogens is 382 g/mol. The number of rotatable bonds is 3. The number of hydrogen-bond acceptors (Lipinski definition) is 5. The van der Waals surface area contributed by atoms with Gasteiger partial charge in [0.15, 0.2) is 5.60 Å². The Bertz CT molecular complexity index is 1290. The van der Waals surface area contributed by atoms with Crippen molar-refractivity contribution in [1.82, 2.24) is 14.9 Å². The molecule has 0 fully saturated rings. The van der Waals surface area contributed by atoms with Crippen molar-refractivity contribution in [2.45, 2.75) is 51.8 Å². The molecular formula is C23H23N3O4. The van der Waals surface area contributed by atoms with Crippen molar-refractivity contribution in [3.8, 4) is 17.1 Å².